The molecule has 1 atom stereocenters. The average Bonchev–Trinajstić information content (AvgIpc) is 2.86. The molecule has 0 bridgehead atoms. The van der Waals surface area contributed by atoms with Crippen molar-refractivity contribution in [3.63, 3.8) is 0 Å². The van der Waals surface area contributed by atoms with Gasteiger partial charge in [0.15, 0.2) is 0 Å². The van der Waals surface area contributed by atoms with Crippen LogP contribution in [-0.4, -0.2) is 46.8 Å². The summed E-state index contributed by atoms with van der Waals surface area (Å²) in [5.74, 6) is 6.51. The molecule has 7 heteroatoms. The lowest BCUT2D eigenvalue weighted by Gasteiger charge is -2.33. The van der Waals surface area contributed by atoms with Crippen LogP contribution in [-0.2, 0) is 4.74 Å². The van der Waals surface area contributed by atoms with E-state index in [4.69, 9.17) is 16.3 Å². The van der Waals surface area contributed by atoms with Crippen molar-refractivity contribution >= 4 is 16.9 Å². The fraction of sp³-hybridized carbons (Fsp3) is 0.467. The average molecular weight is 303 g/mol. The molecule has 1 fully saturated rings. The van der Waals surface area contributed by atoms with Gasteiger partial charge in [0.2, 0.25) is 0 Å². The van der Waals surface area contributed by atoms with Crippen molar-refractivity contribution in [1.82, 2.24) is 14.6 Å². The number of benzene rings is 1. The Balaban J connectivity index is 2.08. The Bertz CT molecular complexity index is 691. The number of primary amides is 1. The third-order valence-electron chi connectivity index (χ3n) is 4.17. The van der Waals surface area contributed by atoms with E-state index in [1.807, 2.05) is 6.07 Å². The molecule has 2 aromatic rings. The first kappa shape index (κ1) is 14.8. The Kier molecular flexibility index (Phi) is 4.00. The second kappa shape index (κ2) is 5.94. The Morgan fingerprint density at radius 1 is 1.41 bits per heavy atom. The third-order valence-corrected chi connectivity index (χ3v) is 4.17. The monoisotopic (exact) mass is 303 g/mol. The molecule has 22 heavy (non-hydrogen) atoms. The molecule has 1 amide bonds. The van der Waals surface area contributed by atoms with Gasteiger partial charge < -0.3 is 16.3 Å². The highest BCUT2D eigenvalue weighted by molar-refractivity contribution is 6.04. The predicted octanol–water partition coefficient (Wildman–Crippen LogP) is 0.632. The molecule has 1 unspecified atom stereocenters. The lowest BCUT2D eigenvalue weighted by Crippen LogP contribution is -2.40. The maximum Gasteiger partial charge on any atom is 0.250 e. The molecule has 0 aliphatic carbocycles. The normalized spacial score (nSPS) is 17.7. The lowest BCUT2D eigenvalue weighted by molar-refractivity contribution is 0.0131. The van der Waals surface area contributed by atoms with Gasteiger partial charge in [-0.3, -0.25) is 9.69 Å². The molecule has 3 rings (SSSR count). The number of morpholine rings is 1. The van der Waals surface area contributed by atoms with Crippen LogP contribution >= 0.6 is 0 Å². The van der Waals surface area contributed by atoms with Crippen LogP contribution in [0.25, 0.3) is 11.0 Å². The minimum atomic E-state index is -0.497. The van der Waals surface area contributed by atoms with Gasteiger partial charge in [0, 0.05) is 13.1 Å². The van der Waals surface area contributed by atoms with E-state index in [0.29, 0.717) is 29.8 Å². The van der Waals surface area contributed by atoms with Crippen LogP contribution in [0.4, 0.5) is 0 Å². The summed E-state index contributed by atoms with van der Waals surface area (Å²) in [6.07, 6.45) is 0.881. The molecule has 0 radical (unpaired) electrons. The summed E-state index contributed by atoms with van der Waals surface area (Å²) in [5, 5.41) is 0. The molecule has 1 saturated heterocycles. The molecule has 1 aromatic heterocycles. The fourth-order valence-corrected chi connectivity index (χ4v) is 3.09. The van der Waals surface area contributed by atoms with Gasteiger partial charge in [0.1, 0.15) is 11.3 Å². The van der Waals surface area contributed by atoms with Crippen molar-refractivity contribution in [1.29, 1.82) is 0 Å². The van der Waals surface area contributed by atoms with E-state index in [0.717, 1.165) is 25.3 Å². The van der Waals surface area contributed by atoms with Gasteiger partial charge in [-0.15, -0.1) is 0 Å². The van der Waals surface area contributed by atoms with Crippen LogP contribution < -0.4 is 11.6 Å². The van der Waals surface area contributed by atoms with Gasteiger partial charge in [-0.25, -0.2) is 9.66 Å². The number of nitrogen functional groups attached to an aromatic ring is 1. The number of imidazole rings is 1. The van der Waals surface area contributed by atoms with Crippen LogP contribution in [0.5, 0.6) is 0 Å². The number of hydrogen-bond acceptors (Lipinski definition) is 5. The van der Waals surface area contributed by atoms with E-state index in [1.165, 1.54) is 4.68 Å². The molecule has 1 aromatic carbocycles. The molecule has 118 valence electrons. The highest BCUT2D eigenvalue weighted by atomic mass is 16.5. The van der Waals surface area contributed by atoms with E-state index in [2.05, 4.69) is 16.8 Å². The van der Waals surface area contributed by atoms with E-state index in [1.54, 1.807) is 12.1 Å². The SMILES string of the molecule is CCC(c1nc2cccc(C(N)=O)c2n1N)N1CCOCC1. The molecule has 7 nitrogen and oxygen atoms in total. The number of para-hydroxylation sites is 1. The number of rotatable bonds is 4. The summed E-state index contributed by atoms with van der Waals surface area (Å²) in [6.45, 7) is 5.24. The van der Waals surface area contributed by atoms with Crippen LogP contribution in [0.15, 0.2) is 18.2 Å². The Labute approximate surface area is 128 Å². The number of ether oxygens (including phenoxy) is 1. The quantitative estimate of drug-likeness (QED) is 0.807. The summed E-state index contributed by atoms with van der Waals surface area (Å²) in [6, 6.07) is 5.40. The fourth-order valence-electron chi connectivity index (χ4n) is 3.09. The second-order valence-electron chi connectivity index (χ2n) is 5.45. The van der Waals surface area contributed by atoms with Gasteiger partial charge in [-0.05, 0) is 18.6 Å². The second-order valence-corrected chi connectivity index (χ2v) is 5.45. The van der Waals surface area contributed by atoms with Gasteiger partial charge >= 0.3 is 0 Å². The summed E-state index contributed by atoms with van der Waals surface area (Å²) >= 11 is 0. The number of fused-ring (bicyclic) bond motifs is 1. The number of nitrogens with two attached hydrogens (primary N) is 2. The van der Waals surface area contributed by atoms with Crippen LogP contribution in [0.1, 0.15) is 35.6 Å². The smallest absolute Gasteiger partial charge is 0.250 e. The van der Waals surface area contributed by atoms with Crippen molar-refractivity contribution in [2.75, 3.05) is 32.1 Å². The number of carbonyl (C=O) groups excluding carboxylic acids is 1. The van der Waals surface area contributed by atoms with Crippen molar-refractivity contribution < 1.29 is 9.53 Å². The molecule has 0 spiro atoms. The highest BCUT2D eigenvalue weighted by Crippen LogP contribution is 2.27. The zero-order valence-electron chi connectivity index (χ0n) is 12.7. The highest BCUT2D eigenvalue weighted by Gasteiger charge is 2.27. The Morgan fingerprint density at radius 3 is 2.77 bits per heavy atom. The first-order chi connectivity index (χ1) is 10.6. The Morgan fingerprint density at radius 2 is 2.14 bits per heavy atom. The van der Waals surface area contributed by atoms with Gasteiger partial charge in [0.05, 0.1) is 30.3 Å². The predicted molar refractivity (Wildman–Crippen MR) is 83.8 cm³/mol. The van der Waals surface area contributed by atoms with Gasteiger partial charge in [-0.2, -0.15) is 0 Å². The topological polar surface area (TPSA) is 99.4 Å². The molecular weight excluding hydrogens is 282 g/mol. The van der Waals surface area contributed by atoms with Crippen molar-refractivity contribution in [3.8, 4) is 0 Å². The van der Waals surface area contributed by atoms with Gasteiger partial charge in [0.25, 0.3) is 5.91 Å². The summed E-state index contributed by atoms with van der Waals surface area (Å²) in [4.78, 5) is 18.6. The van der Waals surface area contributed by atoms with Crippen molar-refractivity contribution in [2.45, 2.75) is 19.4 Å². The first-order valence-electron chi connectivity index (χ1n) is 7.51. The maximum absolute atomic E-state index is 11.6. The van der Waals surface area contributed by atoms with E-state index < -0.39 is 5.91 Å². The van der Waals surface area contributed by atoms with E-state index in [-0.39, 0.29) is 6.04 Å². The van der Waals surface area contributed by atoms with Crippen LogP contribution in [0, 0.1) is 0 Å². The molecule has 0 saturated carbocycles. The van der Waals surface area contributed by atoms with Crippen molar-refractivity contribution in [3.05, 3.63) is 29.6 Å². The summed E-state index contributed by atoms with van der Waals surface area (Å²) in [5.41, 5.74) is 7.13. The standard InChI is InChI=1S/C15H21N5O2/c1-2-12(19-6-8-22-9-7-19)15-18-11-5-3-4-10(14(16)21)13(11)20(15)17/h3-5,12H,2,6-9,17H2,1H3,(H2,16,21). The molecular formula is C15H21N5O2. The molecule has 4 N–H and O–H groups in total. The molecule has 2 heterocycles. The van der Waals surface area contributed by atoms with E-state index >= 15 is 0 Å². The summed E-state index contributed by atoms with van der Waals surface area (Å²) < 4.78 is 6.92. The largest absolute Gasteiger partial charge is 0.379 e. The summed E-state index contributed by atoms with van der Waals surface area (Å²) in [7, 11) is 0. The lowest BCUT2D eigenvalue weighted by atomic mass is 10.1. The molecule has 1 aliphatic heterocycles. The maximum atomic E-state index is 11.6. The van der Waals surface area contributed by atoms with Crippen LogP contribution in [0.3, 0.4) is 0 Å². The number of aromatic nitrogens is 2. The minimum Gasteiger partial charge on any atom is -0.379 e. The first-order valence-corrected chi connectivity index (χ1v) is 7.51. The third kappa shape index (κ3) is 2.42. The number of nitrogens with zero attached hydrogens (tertiary/aromatic N) is 3. The zero-order chi connectivity index (χ0) is 15.7. The number of carbonyl (C=O) groups is 1. The number of amides is 1. The van der Waals surface area contributed by atoms with Crippen LogP contribution in [0.2, 0.25) is 0 Å². The van der Waals surface area contributed by atoms with E-state index in [9.17, 15) is 4.79 Å². The molecule has 1 aliphatic rings. The number of hydrogen-bond donors (Lipinski definition) is 2. The van der Waals surface area contributed by atoms with Gasteiger partial charge in [-0.1, -0.05) is 13.0 Å². The minimum absolute atomic E-state index is 0.0991. The zero-order valence-corrected chi connectivity index (χ0v) is 12.7. The van der Waals surface area contributed by atoms with Crippen molar-refractivity contribution in [2.24, 2.45) is 5.73 Å². The Hall–Kier alpha value is -2.12.